The maximum absolute atomic E-state index is 10.8. The van der Waals surface area contributed by atoms with Crippen molar-refractivity contribution in [2.75, 3.05) is 6.61 Å². The molecule has 1 saturated heterocycles. The minimum absolute atomic E-state index is 0. The van der Waals surface area contributed by atoms with Gasteiger partial charge in [-0.2, -0.15) is 0 Å². The van der Waals surface area contributed by atoms with Gasteiger partial charge in [-0.15, -0.1) is 12.4 Å². The van der Waals surface area contributed by atoms with Crippen LogP contribution < -0.4 is 5.32 Å². The first-order chi connectivity index (χ1) is 6.66. The lowest BCUT2D eigenvalue weighted by Crippen LogP contribution is -2.18. The van der Waals surface area contributed by atoms with Gasteiger partial charge in [-0.1, -0.05) is 27.5 Å². The van der Waals surface area contributed by atoms with E-state index in [2.05, 4.69) is 21.2 Å². The number of benzene rings is 1. The van der Waals surface area contributed by atoms with Gasteiger partial charge in [0.05, 0.1) is 6.04 Å². The average molecular weight is 313 g/mol. The van der Waals surface area contributed by atoms with Gasteiger partial charge in [0.15, 0.2) is 0 Å². The van der Waals surface area contributed by atoms with Crippen LogP contribution in [0.2, 0.25) is 5.02 Å². The number of hydrogen-bond acceptors (Lipinski definition) is 2. The lowest BCUT2D eigenvalue weighted by molar-refractivity contribution is 0.177. The van der Waals surface area contributed by atoms with Gasteiger partial charge >= 0.3 is 6.09 Å². The molecule has 1 aliphatic rings. The largest absolute Gasteiger partial charge is 0.447 e. The summed E-state index contributed by atoms with van der Waals surface area (Å²) < 4.78 is 5.72. The van der Waals surface area contributed by atoms with Crippen molar-refractivity contribution in [3.63, 3.8) is 0 Å². The van der Waals surface area contributed by atoms with Crippen LogP contribution in [0.15, 0.2) is 22.7 Å². The Bertz CT molecular complexity index is 386. The van der Waals surface area contributed by atoms with Crippen molar-refractivity contribution >= 4 is 46.0 Å². The lowest BCUT2D eigenvalue weighted by Gasteiger charge is -2.09. The fourth-order valence-corrected chi connectivity index (χ4v) is 1.96. The highest BCUT2D eigenvalue weighted by Gasteiger charge is 2.25. The van der Waals surface area contributed by atoms with Gasteiger partial charge in [0.1, 0.15) is 6.61 Å². The van der Waals surface area contributed by atoms with Crippen molar-refractivity contribution in [3.8, 4) is 0 Å². The summed E-state index contributed by atoms with van der Waals surface area (Å²) in [6.45, 7) is 0.328. The highest BCUT2D eigenvalue weighted by molar-refractivity contribution is 9.10. The van der Waals surface area contributed by atoms with E-state index in [1.807, 2.05) is 12.1 Å². The third kappa shape index (κ3) is 2.77. The molecule has 6 heteroatoms. The van der Waals surface area contributed by atoms with E-state index in [1.165, 1.54) is 0 Å². The molecular formula is C9H8BrCl2NO2. The highest BCUT2D eigenvalue weighted by atomic mass is 79.9. The number of halogens is 3. The van der Waals surface area contributed by atoms with E-state index in [-0.39, 0.29) is 18.4 Å². The molecule has 1 amide bonds. The third-order valence-corrected chi connectivity index (χ3v) is 2.84. The molecule has 1 N–H and O–H groups in total. The number of alkyl carbamates (subject to hydrolysis) is 1. The van der Waals surface area contributed by atoms with Crippen LogP contribution in [-0.4, -0.2) is 12.7 Å². The van der Waals surface area contributed by atoms with Gasteiger partial charge in [0, 0.05) is 9.50 Å². The van der Waals surface area contributed by atoms with Crippen LogP contribution in [0, 0.1) is 0 Å². The second-order valence-electron chi connectivity index (χ2n) is 2.96. The van der Waals surface area contributed by atoms with E-state index in [0.29, 0.717) is 11.6 Å². The predicted molar refractivity (Wildman–Crippen MR) is 63.6 cm³/mol. The van der Waals surface area contributed by atoms with Crippen molar-refractivity contribution in [2.45, 2.75) is 6.04 Å². The van der Waals surface area contributed by atoms with Crippen LogP contribution in [0.3, 0.4) is 0 Å². The van der Waals surface area contributed by atoms with E-state index in [4.69, 9.17) is 16.3 Å². The Morgan fingerprint density at radius 2 is 2.27 bits per heavy atom. The minimum atomic E-state index is -0.397. The van der Waals surface area contributed by atoms with Gasteiger partial charge in [0.2, 0.25) is 0 Å². The molecule has 1 aliphatic heterocycles. The Morgan fingerprint density at radius 1 is 1.53 bits per heavy atom. The Morgan fingerprint density at radius 3 is 2.87 bits per heavy atom. The van der Waals surface area contributed by atoms with E-state index in [0.717, 1.165) is 10.0 Å². The Hall–Kier alpha value is -0.450. The van der Waals surface area contributed by atoms with Crippen LogP contribution in [0.1, 0.15) is 11.6 Å². The van der Waals surface area contributed by atoms with Crippen LogP contribution in [0.5, 0.6) is 0 Å². The normalized spacial score (nSPS) is 19.1. The van der Waals surface area contributed by atoms with Gasteiger partial charge in [-0.3, -0.25) is 0 Å². The van der Waals surface area contributed by atoms with E-state index >= 15 is 0 Å². The number of rotatable bonds is 1. The van der Waals surface area contributed by atoms with E-state index in [1.54, 1.807) is 6.07 Å². The molecule has 0 spiro atoms. The van der Waals surface area contributed by atoms with Gasteiger partial charge in [-0.05, 0) is 23.8 Å². The fourth-order valence-electron chi connectivity index (χ4n) is 1.33. The number of cyclic esters (lactones) is 1. The molecule has 0 bridgehead atoms. The molecule has 0 unspecified atom stereocenters. The quantitative estimate of drug-likeness (QED) is 0.864. The first kappa shape index (κ1) is 12.6. The summed E-state index contributed by atoms with van der Waals surface area (Å²) in [6, 6.07) is 5.36. The van der Waals surface area contributed by atoms with Gasteiger partial charge in [-0.25, -0.2) is 4.79 Å². The van der Waals surface area contributed by atoms with Crippen molar-refractivity contribution < 1.29 is 9.53 Å². The molecule has 3 nitrogen and oxygen atoms in total. The molecule has 15 heavy (non-hydrogen) atoms. The SMILES string of the molecule is Cl.O=C1N[C@@H](c2cc(Br)ccc2Cl)CO1. The molecule has 1 heterocycles. The van der Waals surface area contributed by atoms with E-state index in [9.17, 15) is 4.79 Å². The molecule has 1 fully saturated rings. The van der Waals surface area contributed by atoms with Crippen molar-refractivity contribution in [2.24, 2.45) is 0 Å². The zero-order valence-electron chi connectivity index (χ0n) is 7.50. The van der Waals surface area contributed by atoms with Crippen molar-refractivity contribution in [1.82, 2.24) is 5.32 Å². The number of nitrogens with one attached hydrogen (secondary N) is 1. The zero-order valence-corrected chi connectivity index (χ0v) is 10.7. The average Bonchev–Trinajstić information content (AvgIpc) is 2.56. The number of hydrogen-bond donors (Lipinski definition) is 1. The highest BCUT2D eigenvalue weighted by Crippen LogP contribution is 2.28. The molecule has 0 radical (unpaired) electrons. The van der Waals surface area contributed by atoms with Crippen LogP contribution in [0.25, 0.3) is 0 Å². The second kappa shape index (κ2) is 5.05. The van der Waals surface area contributed by atoms with Crippen molar-refractivity contribution in [1.29, 1.82) is 0 Å². The first-order valence-corrected chi connectivity index (χ1v) is 5.22. The monoisotopic (exact) mass is 311 g/mol. The van der Waals surface area contributed by atoms with Gasteiger partial charge in [0.25, 0.3) is 0 Å². The molecule has 1 atom stereocenters. The van der Waals surface area contributed by atoms with Crippen LogP contribution >= 0.6 is 39.9 Å². The summed E-state index contributed by atoms with van der Waals surface area (Å²) >= 11 is 9.34. The Labute approximate surface area is 107 Å². The maximum Gasteiger partial charge on any atom is 0.407 e. The van der Waals surface area contributed by atoms with Crippen LogP contribution in [0.4, 0.5) is 4.79 Å². The summed E-state index contributed by atoms with van der Waals surface area (Å²) in [6.07, 6.45) is -0.397. The minimum Gasteiger partial charge on any atom is -0.447 e. The van der Waals surface area contributed by atoms with Crippen LogP contribution in [-0.2, 0) is 4.74 Å². The second-order valence-corrected chi connectivity index (χ2v) is 4.28. The molecule has 0 aromatic heterocycles. The Kier molecular flexibility index (Phi) is 4.25. The summed E-state index contributed by atoms with van der Waals surface area (Å²) in [5.74, 6) is 0. The molecule has 1 aromatic rings. The Balaban J connectivity index is 0.00000112. The smallest absolute Gasteiger partial charge is 0.407 e. The fraction of sp³-hybridized carbons (Fsp3) is 0.222. The zero-order chi connectivity index (χ0) is 10.1. The molecule has 0 aliphatic carbocycles. The molecule has 1 aromatic carbocycles. The summed E-state index contributed by atoms with van der Waals surface area (Å²) in [7, 11) is 0. The lowest BCUT2D eigenvalue weighted by atomic mass is 10.1. The first-order valence-electron chi connectivity index (χ1n) is 4.05. The maximum atomic E-state index is 10.8. The number of carbonyl (C=O) groups is 1. The van der Waals surface area contributed by atoms with Crippen molar-refractivity contribution in [3.05, 3.63) is 33.3 Å². The van der Waals surface area contributed by atoms with Gasteiger partial charge < -0.3 is 10.1 Å². The predicted octanol–water partition coefficient (Wildman–Crippen LogP) is 3.31. The van der Waals surface area contributed by atoms with E-state index < -0.39 is 6.09 Å². The number of ether oxygens (including phenoxy) is 1. The summed E-state index contributed by atoms with van der Waals surface area (Å²) in [4.78, 5) is 10.8. The third-order valence-electron chi connectivity index (χ3n) is 2.01. The summed E-state index contributed by atoms with van der Waals surface area (Å²) in [5.41, 5.74) is 0.867. The molecule has 82 valence electrons. The molecule has 0 saturated carbocycles. The standard InChI is InChI=1S/C9H7BrClNO2.ClH/c10-5-1-2-7(11)6(3-5)8-4-14-9(13)12-8;/h1-3,8H,4H2,(H,12,13);1H/t8-;/m1./s1. The molecule has 2 rings (SSSR count). The number of carbonyl (C=O) groups excluding carboxylic acids is 1. The summed E-state index contributed by atoms with van der Waals surface area (Å²) in [5, 5.41) is 3.30. The topological polar surface area (TPSA) is 38.3 Å². The molecular weight excluding hydrogens is 305 g/mol. The number of amides is 1.